The lowest BCUT2D eigenvalue weighted by molar-refractivity contribution is 0.577. The lowest BCUT2D eigenvalue weighted by Gasteiger charge is -1.91. The van der Waals surface area contributed by atoms with Crippen molar-refractivity contribution in [3.63, 3.8) is 0 Å². The molecule has 0 amide bonds. The van der Waals surface area contributed by atoms with Crippen LogP contribution < -0.4 is 0 Å². The van der Waals surface area contributed by atoms with E-state index in [9.17, 15) is 0 Å². The Labute approximate surface area is 117 Å². The third-order valence-corrected chi connectivity index (χ3v) is 3.72. The Balaban J connectivity index is 2.04. The van der Waals surface area contributed by atoms with Crippen molar-refractivity contribution in [2.45, 2.75) is 6.92 Å². The smallest absolute Gasteiger partial charge is 0.269 e. The summed E-state index contributed by atoms with van der Waals surface area (Å²) in [4.78, 5) is 4.17. The van der Waals surface area contributed by atoms with Gasteiger partial charge in [0.2, 0.25) is 0 Å². The first-order valence-electron chi connectivity index (χ1n) is 5.61. The Hall–Kier alpha value is -2.02. The summed E-state index contributed by atoms with van der Waals surface area (Å²) in [6, 6.07) is 5.52. The Bertz CT molecular complexity index is 719. The number of nitrogens with zero attached hydrogens (tertiary/aromatic N) is 5. The van der Waals surface area contributed by atoms with E-state index >= 15 is 0 Å². The zero-order chi connectivity index (χ0) is 13.4. The normalized spacial score (nSPS) is 10.9. The fourth-order valence-electron chi connectivity index (χ4n) is 1.63. The molecule has 0 aromatic carbocycles. The van der Waals surface area contributed by atoms with Gasteiger partial charge >= 0.3 is 0 Å². The molecule has 7 heteroatoms. The fraction of sp³-hybridized carbons (Fsp3) is 0.167. The van der Waals surface area contributed by atoms with Crippen molar-refractivity contribution in [1.29, 1.82) is 0 Å². The van der Waals surface area contributed by atoms with Crippen molar-refractivity contribution in [2.75, 3.05) is 0 Å². The molecule has 3 aromatic heterocycles. The van der Waals surface area contributed by atoms with Crippen LogP contribution in [0.15, 0.2) is 33.3 Å². The van der Waals surface area contributed by atoms with Crippen LogP contribution >= 0.6 is 15.9 Å². The van der Waals surface area contributed by atoms with E-state index in [0.717, 1.165) is 10.2 Å². The quantitative estimate of drug-likeness (QED) is 0.726. The van der Waals surface area contributed by atoms with Crippen LogP contribution in [0, 0.1) is 6.92 Å². The van der Waals surface area contributed by atoms with Crippen LogP contribution in [0.4, 0.5) is 0 Å². The molecule has 19 heavy (non-hydrogen) atoms. The van der Waals surface area contributed by atoms with Gasteiger partial charge in [-0.3, -0.25) is 9.67 Å². The molecule has 0 aliphatic carbocycles. The highest BCUT2D eigenvalue weighted by Gasteiger charge is 2.19. The maximum atomic E-state index is 5.61. The van der Waals surface area contributed by atoms with Gasteiger partial charge in [-0.2, -0.15) is 5.10 Å². The predicted molar refractivity (Wildman–Crippen MR) is 72.2 cm³/mol. The molecule has 96 valence electrons. The minimum Gasteiger partial charge on any atom is -0.413 e. The van der Waals surface area contributed by atoms with E-state index < -0.39 is 0 Å². The number of aryl methyl sites for hydroxylation is 1. The molecule has 0 saturated heterocycles. The van der Waals surface area contributed by atoms with Crippen LogP contribution in [0.25, 0.3) is 23.2 Å². The van der Waals surface area contributed by atoms with Crippen LogP contribution in [-0.2, 0) is 7.05 Å². The number of aromatic nitrogens is 5. The molecule has 0 aliphatic rings. The van der Waals surface area contributed by atoms with Crippen molar-refractivity contribution in [3.8, 4) is 23.2 Å². The minimum absolute atomic E-state index is 0.372. The van der Waals surface area contributed by atoms with E-state index in [0.29, 0.717) is 23.2 Å². The first kappa shape index (κ1) is 12.0. The second-order valence-electron chi connectivity index (χ2n) is 4.00. The second kappa shape index (κ2) is 4.58. The summed E-state index contributed by atoms with van der Waals surface area (Å²) in [6.07, 6.45) is 1.68. The lowest BCUT2D eigenvalue weighted by atomic mass is 10.3. The average Bonchev–Trinajstić information content (AvgIpc) is 3.01. The summed E-state index contributed by atoms with van der Waals surface area (Å²) in [5, 5.41) is 12.3. The first-order chi connectivity index (χ1) is 9.16. The van der Waals surface area contributed by atoms with Gasteiger partial charge in [0.05, 0.1) is 10.2 Å². The third kappa shape index (κ3) is 2.06. The van der Waals surface area contributed by atoms with Gasteiger partial charge in [-0.25, -0.2) is 0 Å². The number of hydrogen-bond donors (Lipinski definition) is 0. The highest BCUT2D eigenvalue weighted by atomic mass is 79.9. The first-order valence-corrected chi connectivity index (χ1v) is 6.40. The molecule has 3 heterocycles. The summed E-state index contributed by atoms with van der Waals surface area (Å²) in [7, 11) is 1.86. The van der Waals surface area contributed by atoms with Gasteiger partial charge in [-0.1, -0.05) is 6.07 Å². The molecule has 0 N–H and O–H groups in total. The fourth-order valence-corrected chi connectivity index (χ4v) is 2.14. The summed E-state index contributed by atoms with van der Waals surface area (Å²) in [6.45, 7) is 1.95. The van der Waals surface area contributed by atoms with Gasteiger partial charge in [-0.05, 0) is 35.0 Å². The van der Waals surface area contributed by atoms with Crippen molar-refractivity contribution >= 4 is 15.9 Å². The van der Waals surface area contributed by atoms with Gasteiger partial charge in [0, 0.05) is 13.2 Å². The van der Waals surface area contributed by atoms with E-state index in [1.54, 1.807) is 10.9 Å². The van der Waals surface area contributed by atoms with Crippen LogP contribution in [0.1, 0.15) is 5.69 Å². The van der Waals surface area contributed by atoms with Crippen molar-refractivity contribution in [1.82, 2.24) is 25.0 Å². The van der Waals surface area contributed by atoms with Gasteiger partial charge < -0.3 is 4.42 Å². The topological polar surface area (TPSA) is 69.6 Å². The molecule has 0 saturated carbocycles. The monoisotopic (exact) mass is 319 g/mol. The van der Waals surface area contributed by atoms with Crippen molar-refractivity contribution in [2.24, 2.45) is 7.05 Å². The predicted octanol–water partition coefficient (Wildman–Crippen LogP) is 2.60. The second-order valence-corrected chi connectivity index (χ2v) is 4.79. The molecular weight excluding hydrogens is 310 g/mol. The number of pyridine rings is 1. The molecule has 0 spiro atoms. The van der Waals surface area contributed by atoms with Crippen LogP contribution in [0.2, 0.25) is 0 Å². The van der Waals surface area contributed by atoms with E-state index in [-0.39, 0.29) is 0 Å². The Kier molecular flexibility index (Phi) is 2.90. The molecule has 3 aromatic rings. The molecule has 0 unspecified atom stereocenters. The Morgan fingerprint density at radius 3 is 2.63 bits per heavy atom. The molecule has 0 radical (unpaired) electrons. The van der Waals surface area contributed by atoms with E-state index in [1.165, 1.54) is 0 Å². The standard InChI is InChI=1S/C12H10BrN5O/c1-7-9(13)10(17-18(7)2)12-16-15-11(19-12)8-5-3-4-6-14-8/h3-6H,1-2H3. The van der Waals surface area contributed by atoms with Crippen LogP contribution in [0.5, 0.6) is 0 Å². The molecule has 6 nitrogen and oxygen atoms in total. The molecular formula is C12H10BrN5O. The van der Waals surface area contributed by atoms with Gasteiger partial charge in [0.25, 0.3) is 11.8 Å². The summed E-state index contributed by atoms with van der Waals surface area (Å²) >= 11 is 3.48. The number of hydrogen-bond acceptors (Lipinski definition) is 5. The van der Waals surface area contributed by atoms with Crippen LogP contribution in [-0.4, -0.2) is 25.0 Å². The highest BCUT2D eigenvalue weighted by Crippen LogP contribution is 2.30. The summed E-state index contributed by atoms with van der Waals surface area (Å²) in [5.41, 5.74) is 2.27. The molecule has 0 fully saturated rings. The molecule has 0 atom stereocenters. The van der Waals surface area contributed by atoms with Crippen LogP contribution in [0.3, 0.4) is 0 Å². The molecule has 0 bridgehead atoms. The van der Waals surface area contributed by atoms with E-state index in [4.69, 9.17) is 4.42 Å². The van der Waals surface area contributed by atoms with Crippen molar-refractivity contribution < 1.29 is 4.42 Å². The largest absolute Gasteiger partial charge is 0.413 e. The maximum absolute atomic E-state index is 5.61. The number of rotatable bonds is 2. The highest BCUT2D eigenvalue weighted by molar-refractivity contribution is 9.10. The molecule has 3 rings (SSSR count). The average molecular weight is 320 g/mol. The number of halogens is 1. The SMILES string of the molecule is Cc1c(Br)c(-c2nnc(-c3ccccn3)o2)nn1C. The lowest BCUT2D eigenvalue weighted by Crippen LogP contribution is -1.92. The van der Waals surface area contributed by atoms with E-state index in [2.05, 4.69) is 36.2 Å². The third-order valence-electron chi connectivity index (χ3n) is 2.77. The van der Waals surface area contributed by atoms with Crippen molar-refractivity contribution in [3.05, 3.63) is 34.6 Å². The maximum Gasteiger partial charge on any atom is 0.269 e. The van der Waals surface area contributed by atoms with Gasteiger partial charge in [0.1, 0.15) is 5.69 Å². The summed E-state index contributed by atoms with van der Waals surface area (Å²) in [5.74, 6) is 0.752. The summed E-state index contributed by atoms with van der Waals surface area (Å²) < 4.78 is 8.22. The Morgan fingerprint density at radius 2 is 2.00 bits per heavy atom. The zero-order valence-corrected chi connectivity index (χ0v) is 11.9. The Morgan fingerprint density at radius 1 is 1.21 bits per heavy atom. The van der Waals surface area contributed by atoms with Gasteiger partial charge in [-0.15, -0.1) is 10.2 Å². The molecule has 0 aliphatic heterocycles. The van der Waals surface area contributed by atoms with E-state index in [1.807, 2.05) is 32.2 Å². The zero-order valence-electron chi connectivity index (χ0n) is 10.3. The minimum atomic E-state index is 0.372. The van der Waals surface area contributed by atoms with Gasteiger partial charge in [0.15, 0.2) is 5.69 Å².